The molecular weight excluding hydrogens is 356 g/mol. The minimum atomic E-state index is -0.765. The Morgan fingerprint density at radius 2 is 1.71 bits per heavy atom. The lowest BCUT2D eigenvalue weighted by molar-refractivity contribution is -0.185. The van der Waals surface area contributed by atoms with Crippen molar-refractivity contribution in [1.82, 2.24) is 10.4 Å². The van der Waals surface area contributed by atoms with Crippen molar-refractivity contribution in [3.63, 3.8) is 0 Å². The van der Waals surface area contributed by atoms with E-state index in [1.165, 1.54) is 5.06 Å². The molecule has 1 saturated heterocycles. The molecule has 144 valence electrons. The first-order valence-corrected chi connectivity index (χ1v) is 9.38. The number of alkyl carbamates (subject to hydrolysis) is 1. The molecule has 2 amide bonds. The fourth-order valence-electron chi connectivity index (χ4n) is 3.45. The van der Waals surface area contributed by atoms with Crippen molar-refractivity contribution >= 4 is 12.0 Å². The first kappa shape index (κ1) is 18.3. The first-order chi connectivity index (χ1) is 13.7. The summed E-state index contributed by atoms with van der Waals surface area (Å²) in [5.41, 5.74) is 1.83. The van der Waals surface area contributed by atoms with Crippen LogP contribution < -0.4 is 5.32 Å². The predicted octanol–water partition coefficient (Wildman–Crippen LogP) is 3.00. The molecule has 0 spiro atoms. The van der Waals surface area contributed by atoms with Crippen LogP contribution in [0.25, 0.3) is 0 Å². The van der Waals surface area contributed by atoms with E-state index < -0.39 is 12.1 Å². The summed E-state index contributed by atoms with van der Waals surface area (Å²) in [4.78, 5) is 31.0. The smallest absolute Gasteiger partial charge is 0.408 e. The third-order valence-electron chi connectivity index (χ3n) is 4.87. The Hall–Kier alpha value is -3.12. The van der Waals surface area contributed by atoms with Gasteiger partial charge in [-0.1, -0.05) is 72.8 Å². The average molecular weight is 378 g/mol. The van der Waals surface area contributed by atoms with Gasteiger partial charge in [0.25, 0.3) is 5.91 Å². The molecule has 4 rings (SSSR count). The molecule has 1 fully saturated rings. The van der Waals surface area contributed by atoms with Crippen molar-refractivity contribution in [1.29, 1.82) is 0 Å². The molecule has 1 unspecified atom stereocenters. The Kier molecular flexibility index (Phi) is 5.39. The molecule has 0 radical (unpaired) electrons. The summed E-state index contributed by atoms with van der Waals surface area (Å²) in [5.74, 6) is -0.266. The zero-order valence-corrected chi connectivity index (χ0v) is 15.4. The second-order valence-corrected chi connectivity index (χ2v) is 6.94. The molecule has 1 aliphatic heterocycles. The molecule has 1 aliphatic carbocycles. The molecule has 2 aromatic carbocycles. The minimum absolute atomic E-state index is 0.0589. The summed E-state index contributed by atoms with van der Waals surface area (Å²) in [7, 11) is 0. The van der Waals surface area contributed by atoms with Crippen LogP contribution in [0.4, 0.5) is 4.79 Å². The van der Waals surface area contributed by atoms with Crippen LogP contribution in [0.1, 0.15) is 17.5 Å². The Labute approximate surface area is 163 Å². The Morgan fingerprint density at radius 3 is 2.32 bits per heavy atom. The fraction of sp³-hybridized carbons (Fsp3) is 0.273. The topological polar surface area (TPSA) is 67.9 Å². The summed E-state index contributed by atoms with van der Waals surface area (Å²) in [6.45, 7) is 0.145. The summed E-state index contributed by atoms with van der Waals surface area (Å²) in [5, 5.41) is 4.10. The van der Waals surface area contributed by atoms with E-state index in [1.807, 2.05) is 72.8 Å². The molecule has 1 N–H and O–H groups in total. The highest BCUT2D eigenvalue weighted by Gasteiger charge is 2.41. The van der Waals surface area contributed by atoms with E-state index in [9.17, 15) is 9.59 Å². The molecule has 0 saturated carbocycles. The van der Waals surface area contributed by atoms with Crippen LogP contribution in [-0.2, 0) is 27.4 Å². The highest BCUT2D eigenvalue weighted by atomic mass is 16.7. The number of carbonyl (C=O) groups is 2. The number of ether oxygens (including phenoxy) is 1. The number of nitrogens with zero attached hydrogens (tertiary/aromatic N) is 1. The van der Waals surface area contributed by atoms with Crippen LogP contribution in [0.15, 0.2) is 72.8 Å². The van der Waals surface area contributed by atoms with Gasteiger partial charge in [0, 0.05) is 12.8 Å². The van der Waals surface area contributed by atoms with Crippen molar-refractivity contribution in [2.45, 2.75) is 37.6 Å². The van der Waals surface area contributed by atoms with E-state index in [2.05, 4.69) is 5.32 Å². The molecule has 2 aliphatic rings. The summed E-state index contributed by atoms with van der Waals surface area (Å²) in [6.07, 6.45) is 4.37. The molecule has 1 heterocycles. The second kappa shape index (κ2) is 8.27. The van der Waals surface area contributed by atoms with E-state index in [-0.39, 0.29) is 24.7 Å². The molecule has 0 aromatic heterocycles. The minimum Gasteiger partial charge on any atom is -0.445 e. The van der Waals surface area contributed by atoms with E-state index in [4.69, 9.17) is 9.57 Å². The monoisotopic (exact) mass is 378 g/mol. The maximum atomic E-state index is 13.0. The van der Waals surface area contributed by atoms with Crippen LogP contribution in [0.5, 0.6) is 0 Å². The van der Waals surface area contributed by atoms with Gasteiger partial charge in [-0.2, -0.15) is 0 Å². The van der Waals surface area contributed by atoms with Gasteiger partial charge in [0.05, 0.1) is 6.04 Å². The van der Waals surface area contributed by atoms with Gasteiger partial charge in [0.2, 0.25) is 0 Å². The van der Waals surface area contributed by atoms with Crippen molar-refractivity contribution in [3.05, 3.63) is 83.9 Å². The maximum Gasteiger partial charge on any atom is 0.408 e. The summed E-state index contributed by atoms with van der Waals surface area (Å²) >= 11 is 0. The SMILES string of the molecule is O=C(NC(Cc1ccccc1)C(=O)N1O[C@@H]2C=C[C@H]1C2)OCc1ccccc1. The number of hydrogen-bond acceptors (Lipinski definition) is 4. The average Bonchev–Trinajstić information content (AvgIpc) is 3.36. The van der Waals surface area contributed by atoms with Crippen LogP contribution in [0.2, 0.25) is 0 Å². The second-order valence-electron chi connectivity index (χ2n) is 6.94. The van der Waals surface area contributed by atoms with Gasteiger partial charge in [-0.05, 0) is 11.1 Å². The summed E-state index contributed by atoms with van der Waals surface area (Å²) in [6, 6.07) is 18.1. The standard InChI is InChI=1S/C22H22N2O4/c25-21(24-18-11-12-19(14-18)28-24)20(13-16-7-3-1-4-8-16)23-22(26)27-15-17-9-5-2-6-10-17/h1-12,18-20H,13-15H2,(H,23,26)/t18-,19+,20?/m0/s1. The van der Waals surface area contributed by atoms with Crippen molar-refractivity contribution < 1.29 is 19.2 Å². The quantitative estimate of drug-likeness (QED) is 0.785. The van der Waals surface area contributed by atoms with Crippen molar-refractivity contribution in [3.8, 4) is 0 Å². The van der Waals surface area contributed by atoms with E-state index in [0.29, 0.717) is 6.42 Å². The number of benzene rings is 2. The third kappa shape index (κ3) is 4.23. The number of nitrogens with one attached hydrogen (secondary N) is 1. The number of hydroxylamine groups is 2. The predicted molar refractivity (Wildman–Crippen MR) is 103 cm³/mol. The third-order valence-corrected chi connectivity index (χ3v) is 4.87. The number of amides is 2. The highest BCUT2D eigenvalue weighted by Crippen LogP contribution is 2.29. The number of fused-ring (bicyclic) bond motifs is 2. The Bertz CT molecular complexity index is 853. The van der Waals surface area contributed by atoms with Crippen LogP contribution in [-0.4, -0.2) is 35.3 Å². The van der Waals surface area contributed by atoms with Crippen LogP contribution in [0.3, 0.4) is 0 Å². The van der Waals surface area contributed by atoms with Gasteiger partial charge >= 0.3 is 6.09 Å². The highest BCUT2D eigenvalue weighted by molar-refractivity contribution is 5.86. The lowest BCUT2D eigenvalue weighted by atomic mass is 10.0. The molecule has 6 nitrogen and oxygen atoms in total. The first-order valence-electron chi connectivity index (χ1n) is 9.38. The fourth-order valence-corrected chi connectivity index (χ4v) is 3.45. The van der Waals surface area contributed by atoms with Gasteiger partial charge in [0.1, 0.15) is 18.8 Å². The van der Waals surface area contributed by atoms with Gasteiger partial charge in [-0.3, -0.25) is 9.63 Å². The van der Waals surface area contributed by atoms with Crippen LogP contribution >= 0.6 is 0 Å². The zero-order chi connectivity index (χ0) is 19.3. The van der Waals surface area contributed by atoms with Crippen molar-refractivity contribution in [2.24, 2.45) is 0 Å². The van der Waals surface area contributed by atoms with E-state index >= 15 is 0 Å². The van der Waals surface area contributed by atoms with E-state index in [1.54, 1.807) is 0 Å². The normalized spacial score (nSPS) is 20.8. The molecular formula is C22H22N2O4. The Morgan fingerprint density at radius 1 is 1.04 bits per heavy atom. The maximum absolute atomic E-state index is 13.0. The number of hydrogen-bond donors (Lipinski definition) is 1. The molecule has 2 bridgehead atoms. The zero-order valence-electron chi connectivity index (χ0n) is 15.4. The summed E-state index contributed by atoms with van der Waals surface area (Å²) < 4.78 is 5.30. The molecule has 28 heavy (non-hydrogen) atoms. The van der Waals surface area contributed by atoms with Crippen molar-refractivity contribution in [2.75, 3.05) is 0 Å². The largest absolute Gasteiger partial charge is 0.445 e. The molecule has 6 heteroatoms. The van der Waals surface area contributed by atoms with Crippen LogP contribution in [0, 0.1) is 0 Å². The molecule has 3 atom stereocenters. The molecule has 2 aromatic rings. The van der Waals surface area contributed by atoms with E-state index in [0.717, 1.165) is 17.5 Å². The number of carbonyl (C=O) groups excluding carboxylic acids is 2. The lowest BCUT2D eigenvalue weighted by Gasteiger charge is -2.27. The van der Waals surface area contributed by atoms with Gasteiger partial charge in [0.15, 0.2) is 0 Å². The Balaban J connectivity index is 1.42. The van der Waals surface area contributed by atoms with Gasteiger partial charge in [-0.15, -0.1) is 0 Å². The number of rotatable bonds is 6. The van der Waals surface area contributed by atoms with Gasteiger partial charge < -0.3 is 10.1 Å². The van der Waals surface area contributed by atoms with Gasteiger partial charge in [-0.25, -0.2) is 9.86 Å². The lowest BCUT2D eigenvalue weighted by Crippen LogP contribution is -2.51.